The molecule has 0 atom stereocenters. The van der Waals surface area contributed by atoms with Crippen LogP contribution < -0.4 is 19.9 Å². The van der Waals surface area contributed by atoms with Crippen LogP contribution in [0.3, 0.4) is 0 Å². The molecule has 0 amide bonds. The molecule has 2 aromatic carbocycles. The fourth-order valence-electron chi connectivity index (χ4n) is 1.72. The van der Waals surface area contributed by atoms with Crippen molar-refractivity contribution in [2.75, 3.05) is 19.5 Å². The molecular formula is C15H16FNO3. The third-order valence-electron chi connectivity index (χ3n) is 2.63. The summed E-state index contributed by atoms with van der Waals surface area (Å²) in [7, 11) is 1.38. The molecule has 0 aliphatic heterocycles. The minimum atomic E-state index is -0.527. The van der Waals surface area contributed by atoms with Crippen molar-refractivity contribution >= 4 is 5.69 Å². The Morgan fingerprint density at radius 3 is 2.55 bits per heavy atom. The molecule has 20 heavy (non-hydrogen) atoms. The second kappa shape index (κ2) is 6.14. The normalized spacial score (nSPS) is 10.2. The number of rotatable bonds is 5. The maximum Gasteiger partial charge on any atom is 0.167 e. The van der Waals surface area contributed by atoms with Gasteiger partial charge in [-0.15, -0.1) is 0 Å². The number of nitrogens with two attached hydrogens (primary N) is 1. The Kier molecular flexibility index (Phi) is 4.30. The summed E-state index contributed by atoms with van der Waals surface area (Å²) in [5.74, 6) is 1.13. The summed E-state index contributed by atoms with van der Waals surface area (Å²) in [5, 5.41) is 0. The summed E-state index contributed by atoms with van der Waals surface area (Å²) in [4.78, 5) is 0. The Morgan fingerprint density at radius 1 is 1.10 bits per heavy atom. The lowest BCUT2D eigenvalue weighted by Crippen LogP contribution is -1.97. The molecule has 0 aliphatic rings. The molecule has 0 radical (unpaired) electrons. The van der Waals surface area contributed by atoms with Gasteiger partial charge >= 0.3 is 0 Å². The van der Waals surface area contributed by atoms with E-state index < -0.39 is 5.82 Å². The molecule has 2 aromatic rings. The van der Waals surface area contributed by atoms with Crippen LogP contribution in [0.4, 0.5) is 10.1 Å². The van der Waals surface area contributed by atoms with E-state index in [2.05, 4.69) is 0 Å². The molecule has 0 saturated heterocycles. The molecule has 0 aliphatic carbocycles. The molecule has 0 aromatic heterocycles. The van der Waals surface area contributed by atoms with Crippen molar-refractivity contribution in [2.45, 2.75) is 6.92 Å². The van der Waals surface area contributed by atoms with E-state index in [1.165, 1.54) is 19.2 Å². The molecule has 0 spiro atoms. The summed E-state index contributed by atoms with van der Waals surface area (Å²) < 4.78 is 29.4. The lowest BCUT2D eigenvalue weighted by Gasteiger charge is -2.12. The molecule has 2 rings (SSSR count). The quantitative estimate of drug-likeness (QED) is 0.848. The highest BCUT2D eigenvalue weighted by Crippen LogP contribution is 2.34. The molecule has 4 nitrogen and oxygen atoms in total. The van der Waals surface area contributed by atoms with E-state index in [-0.39, 0.29) is 11.4 Å². The maximum atomic E-state index is 13.5. The highest BCUT2D eigenvalue weighted by molar-refractivity contribution is 5.57. The smallest absolute Gasteiger partial charge is 0.167 e. The van der Waals surface area contributed by atoms with Gasteiger partial charge in [0.25, 0.3) is 0 Å². The highest BCUT2D eigenvalue weighted by atomic mass is 19.1. The van der Waals surface area contributed by atoms with E-state index in [4.69, 9.17) is 19.9 Å². The van der Waals surface area contributed by atoms with Crippen molar-refractivity contribution in [3.8, 4) is 23.0 Å². The number of methoxy groups -OCH3 is 1. The second-order valence-electron chi connectivity index (χ2n) is 4.03. The number of halogens is 1. The van der Waals surface area contributed by atoms with Gasteiger partial charge < -0.3 is 19.9 Å². The van der Waals surface area contributed by atoms with Gasteiger partial charge in [0.2, 0.25) is 0 Å². The van der Waals surface area contributed by atoms with Crippen LogP contribution in [0.2, 0.25) is 0 Å². The fraction of sp³-hybridized carbons (Fsp3) is 0.200. The van der Waals surface area contributed by atoms with Crippen molar-refractivity contribution in [3.63, 3.8) is 0 Å². The van der Waals surface area contributed by atoms with Crippen LogP contribution >= 0.6 is 0 Å². The van der Waals surface area contributed by atoms with E-state index in [1.807, 2.05) is 13.0 Å². The molecule has 0 heterocycles. The topological polar surface area (TPSA) is 53.7 Å². The van der Waals surface area contributed by atoms with Crippen LogP contribution in [0, 0.1) is 5.82 Å². The fourth-order valence-corrected chi connectivity index (χ4v) is 1.72. The van der Waals surface area contributed by atoms with E-state index in [1.54, 1.807) is 18.2 Å². The number of benzene rings is 2. The van der Waals surface area contributed by atoms with Crippen LogP contribution in [0.25, 0.3) is 0 Å². The van der Waals surface area contributed by atoms with Gasteiger partial charge in [-0.25, -0.2) is 4.39 Å². The SMILES string of the molecule is CCOc1cccc(Oc2cc(OC)c(F)cc2N)c1. The highest BCUT2D eigenvalue weighted by Gasteiger charge is 2.10. The Hall–Kier alpha value is -2.43. The average molecular weight is 277 g/mol. The van der Waals surface area contributed by atoms with Crippen molar-refractivity contribution in [2.24, 2.45) is 0 Å². The van der Waals surface area contributed by atoms with Gasteiger partial charge in [0.1, 0.15) is 11.5 Å². The van der Waals surface area contributed by atoms with Gasteiger partial charge in [-0.2, -0.15) is 0 Å². The van der Waals surface area contributed by atoms with Gasteiger partial charge in [-0.3, -0.25) is 0 Å². The molecular weight excluding hydrogens is 261 g/mol. The molecule has 5 heteroatoms. The Morgan fingerprint density at radius 2 is 1.85 bits per heavy atom. The lowest BCUT2D eigenvalue weighted by atomic mass is 10.2. The van der Waals surface area contributed by atoms with E-state index >= 15 is 0 Å². The zero-order chi connectivity index (χ0) is 14.5. The summed E-state index contributed by atoms with van der Waals surface area (Å²) in [6, 6.07) is 9.71. The summed E-state index contributed by atoms with van der Waals surface area (Å²) >= 11 is 0. The van der Waals surface area contributed by atoms with Crippen molar-refractivity contribution in [1.29, 1.82) is 0 Å². The zero-order valence-corrected chi connectivity index (χ0v) is 11.4. The minimum absolute atomic E-state index is 0.0789. The van der Waals surface area contributed by atoms with Gasteiger partial charge in [-0.05, 0) is 19.1 Å². The second-order valence-corrected chi connectivity index (χ2v) is 4.03. The average Bonchev–Trinajstić information content (AvgIpc) is 2.43. The molecule has 0 bridgehead atoms. The van der Waals surface area contributed by atoms with Gasteiger partial charge in [-0.1, -0.05) is 6.07 Å². The Labute approximate surface area is 116 Å². The van der Waals surface area contributed by atoms with E-state index in [0.717, 1.165) is 0 Å². The summed E-state index contributed by atoms with van der Waals surface area (Å²) in [6.45, 7) is 2.46. The third-order valence-corrected chi connectivity index (χ3v) is 2.63. The third kappa shape index (κ3) is 3.12. The summed E-state index contributed by atoms with van der Waals surface area (Å²) in [6.07, 6.45) is 0. The van der Waals surface area contributed by atoms with E-state index in [0.29, 0.717) is 23.9 Å². The minimum Gasteiger partial charge on any atom is -0.494 e. The molecule has 106 valence electrons. The Balaban J connectivity index is 2.27. The maximum absolute atomic E-state index is 13.5. The monoisotopic (exact) mass is 277 g/mol. The van der Waals surface area contributed by atoms with Crippen molar-refractivity contribution in [1.82, 2.24) is 0 Å². The van der Waals surface area contributed by atoms with E-state index in [9.17, 15) is 4.39 Å². The Bertz CT molecular complexity index is 602. The number of hydrogen-bond donors (Lipinski definition) is 1. The number of nitrogen functional groups attached to an aromatic ring is 1. The van der Waals surface area contributed by atoms with Crippen LogP contribution in [-0.4, -0.2) is 13.7 Å². The summed E-state index contributed by atoms with van der Waals surface area (Å²) in [5.41, 5.74) is 5.94. The first kappa shape index (κ1) is 14.0. The van der Waals surface area contributed by atoms with Gasteiger partial charge in [0, 0.05) is 18.2 Å². The van der Waals surface area contributed by atoms with Crippen LogP contribution in [0.1, 0.15) is 6.92 Å². The molecule has 0 unspecified atom stereocenters. The number of anilines is 1. The van der Waals surface area contributed by atoms with Crippen LogP contribution in [0.5, 0.6) is 23.0 Å². The van der Waals surface area contributed by atoms with Gasteiger partial charge in [0.15, 0.2) is 17.3 Å². The molecule has 2 N–H and O–H groups in total. The predicted molar refractivity (Wildman–Crippen MR) is 75.0 cm³/mol. The van der Waals surface area contributed by atoms with Crippen LogP contribution in [0.15, 0.2) is 36.4 Å². The first-order valence-corrected chi connectivity index (χ1v) is 6.17. The largest absolute Gasteiger partial charge is 0.494 e. The predicted octanol–water partition coefficient (Wildman–Crippen LogP) is 3.61. The number of ether oxygens (including phenoxy) is 3. The van der Waals surface area contributed by atoms with Crippen LogP contribution in [-0.2, 0) is 0 Å². The first-order valence-electron chi connectivity index (χ1n) is 6.17. The van der Waals surface area contributed by atoms with Gasteiger partial charge in [0.05, 0.1) is 19.4 Å². The number of hydrogen-bond acceptors (Lipinski definition) is 4. The standard InChI is InChI=1S/C15H16FNO3/c1-3-19-10-5-4-6-11(7-10)20-15-9-14(18-2)12(16)8-13(15)17/h4-9H,3,17H2,1-2H3. The van der Waals surface area contributed by atoms with Crippen molar-refractivity contribution in [3.05, 3.63) is 42.2 Å². The zero-order valence-electron chi connectivity index (χ0n) is 11.4. The molecule has 0 fully saturated rings. The van der Waals surface area contributed by atoms with Crippen molar-refractivity contribution < 1.29 is 18.6 Å². The molecule has 0 saturated carbocycles. The first-order chi connectivity index (χ1) is 9.63. The lowest BCUT2D eigenvalue weighted by molar-refractivity contribution is 0.338.